The van der Waals surface area contributed by atoms with Gasteiger partial charge in [0.15, 0.2) is 0 Å². The smallest absolute Gasteiger partial charge is 0.481 e. The number of carbonyl (C=O) groups is 2. The Bertz CT molecular complexity index is 617. The van der Waals surface area contributed by atoms with Gasteiger partial charge in [0, 0.05) is 6.42 Å². The molecule has 2 atom stereocenters. The maximum absolute atomic E-state index is 12.2. The number of carboxylic acids is 1. The molecular weight excluding hydrogens is 392 g/mol. The molecule has 0 spiro atoms. The van der Waals surface area contributed by atoms with E-state index in [1.165, 1.54) is 18.4 Å². The number of ether oxygens (including phenoxy) is 2. The van der Waals surface area contributed by atoms with E-state index >= 15 is 0 Å². The SMILES string of the molecule is CCCCCCCC(CCC(=O)O)OC(=O)OC/C(=C/CC1CC=C(C)C1(C)C)CC. The Morgan fingerprint density at radius 3 is 2.48 bits per heavy atom. The van der Waals surface area contributed by atoms with Gasteiger partial charge in [-0.1, -0.05) is 71.1 Å². The maximum Gasteiger partial charge on any atom is 0.508 e. The Hall–Kier alpha value is -1.78. The number of allylic oxidation sites excluding steroid dienone is 3. The largest absolute Gasteiger partial charge is 0.508 e. The first-order valence-corrected chi connectivity index (χ1v) is 12.1. The average molecular weight is 437 g/mol. The number of hydrogen-bond acceptors (Lipinski definition) is 4. The number of aliphatic carboxylic acids is 1. The molecule has 0 aromatic heterocycles. The fourth-order valence-electron chi connectivity index (χ4n) is 4.05. The van der Waals surface area contributed by atoms with Crippen molar-refractivity contribution >= 4 is 12.1 Å². The summed E-state index contributed by atoms with van der Waals surface area (Å²) in [5.74, 6) is -0.294. The van der Waals surface area contributed by atoms with Crippen molar-refractivity contribution in [2.24, 2.45) is 11.3 Å². The van der Waals surface area contributed by atoms with Gasteiger partial charge in [0.25, 0.3) is 0 Å². The van der Waals surface area contributed by atoms with Crippen LogP contribution in [0.2, 0.25) is 0 Å². The van der Waals surface area contributed by atoms with Crippen molar-refractivity contribution in [1.82, 2.24) is 0 Å². The quantitative estimate of drug-likeness (QED) is 0.164. The van der Waals surface area contributed by atoms with E-state index in [1.807, 2.05) is 0 Å². The molecule has 2 unspecified atom stereocenters. The minimum atomic E-state index is -0.872. The van der Waals surface area contributed by atoms with Gasteiger partial charge >= 0.3 is 12.1 Å². The lowest BCUT2D eigenvalue weighted by molar-refractivity contribution is -0.137. The number of unbranched alkanes of at least 4 members (excludes halogenated alkanes) is 4. The predicted octanol–water partition coefficient (Wildman–Crippen LogP) is 7.45. The van der Waals surface area contributed by atoms with E-state index in [1.54, 1.807) is 0 Å². The van der Waals surface area contributed by atoms with Crippen molar-refractivity contribution in [3.63, 3.8) is 0 Å². The molecule has 1 aliphatic carbocycles. The molecule has 0 bridgehead atoms. The van der Waals surface area contributed by atoms with Crippen molar-refractivity contribution in [2.45, 2.75) is 111 Å². The Morgan fingerprint density at radius 2 is 1.90 bits per heavy atom. The topological polar surface area (TPSA) is 72.8 Å². The lowest BCUT2D eigenvalue weighted by atomic mass is 9.76. The second-order valence-corrected chi connectivity index (χ2v) is 9.41. The van der Waals surface area contributed by atoms with Crippen molar-refractivity contribution in [3.8, 4) is 0 Å². The molecule has 1 aliphatic rings. The molecule has 0 aromatic carbocycles. The van der Waals surface area contributed by atoms with Gasteiger partial charge in [-0.15, -0.1) is 0 Å². The van der Waals surface area contributed by atoms with E-state index in [-0.39, 0.29) is 18.4 Å². The van der Waals surface area contributed by atoms with Gasteiger partial charge in [0.05, 0.1) is 0 Å². The molecule has 0 fully saturated rings. The van der Waals surface area contributed by atoms with E-state index in [0.717, 1.165) is 44.1 Å². The standard InChI is InChI=1S/C26H44O5/c1-6-8-9-10-11-12-23(17-18-24(27)28)31-25(29)30-19-21(7-2)14-16-22-15-13-20(3)26(22,4)5/h13-14,22-23H,6-12,15-19H2,1-5H3,(H,27,28)/b21-14+. The summed E-state index contributed by atoms with van der Waals surface area (Å²) in [6.07, 6.45) is 12.9. The summed E-state index contributed by atoms with van der Waals surface area (Å²) in [6, 6.07) is 0. The first-order chi connectivity index (χ1) is 14.7. The zero-order valence-electron chi connectivity index (χ0n) is 20.4. The molecule has 0 aromatic rings. The fraction of sp³-hybridized carbons (Fsp3) is 0.769. The van der Waals surface area contributed by atoms with Crippen LogP contribution < -0.4 is 0 Å². The molecule has 5 nitrogen and oxygen atoms in total. The van der Waals surface area contributed by atoms with Crippen LogP contribution in [-0.4, -0.2) is 29.9 Å². The normalized spacial score (nSPS) is 19.1. The third-order valence-corrected chi connectivity index (χ3v) is 6.84. The Labute approximate surface area is 189 Å². The van der Waals surface area contributed by atoms with E-state index < -0.39 is 18.2 Å². The Balaban J connectivity index is 2.48. The third kappa shape index (κ3) is 10.4. The van der Waals surface area contributed by atoms with Crippen LogP contribution in [0.15, 0.2) is 23.3 Å². The highest BCUT2D eigenvalue weighted by Gasteiger charge is 2.33. The predicted molar refractivity (Wildman–Crippen MR) is 125 cm³/mol. The van der Waals surface area contributed by atoms with Gasteiger partial charge in [-0.3, -0.25) is 4.79 Å². The van der Waals surface area contributed by atoms with Crippen LogP contribution in [0.5, 0.6) is 0 Å². The fourth-order valence-corrected chi connectivity index (χ4v) is 4.05. The van der Waals surface area contributed by atoms with Crippen LogP contribution in [0.3, 0.4) is 0 Å². The molecule has 0 amide bonds. The van der Waals surface area contributed by atoms with Crippen LogP contribution >= 0.6 is 0 Å². The van der Waals surface area contributed by atoms with Gasteiger partial charge < -0.3 is 14.6 Å². The highest BCUT2D eigenvalue weighted by molar-refractivity contribution is 5.66. The summed E-state index contributed by atoms with van der Waals surface area (Å²) in [4.78, 5) is 23.2. The van der Waals surface area contributed by atoms with Crippen molar-refractivity contribution in [1.29, 1.82) is 0 Å². The molecular formula is C26H44O5. The van der Waals surface area contributed by atoms with Crippen molar-refractivity contribution in [2.75, 3.05) is 6.61 Å². The van der Waals surface area contributed by atoms with Crippen molar-refractivity contribution in [3.05, 3.63) is 23.3 Å². The van der Waals surface area contributed by atoms with Gasteiger partial charge in [-0.25, -0.2) is 4.79 Å². The van der Waals surface area contributed by atoms with Crippen LogP contribution in [-0.2, 0) is 14.3 Å². The number of carboxylic acid groups (broad SMARTS) is 1. The molecule has 1 N–H and O–H groups in total. The summed E-state index contributed by atoms with van der Waals surface area (Å²) < 4.78 is 10.8. The number of rotatable bonds is 15. The first-order valence-electron chi connectivity index (χ1n) is 12.1. The molecule has 1 rings (SSSR count). The lowest BCUT2D eigenvalue weighted by Crippen LogP contribution is -2.21. The average Bonchev–Trinajstić information content (AvgIpc) is 2.98. The summed E-state index contributed by atoms with van der Waals surface area (Å²) in [7, 11) is 0. The maximum atomic E-state index is 12.2. The molecule has 0 radical (unpaired) electrons. The van der Waals surface area contributed by atoms with Crippen molar-refractivity contribution < 1.29 is 24.2 Å². The zero-order valence-corrected chi connectivity index (χ0v) is 20.4. The van der Waals surface area contributed by atoms with E-state index in [0.29, 0.717) is 18.8 Å². The number of hydrogen-bond donors (Lipinski definition) is 1. The Morgan fingerprint density at radius 1 is 1.19 bits per heavy atom. The van der Waals surface area contributed by atoms with E-state index in [2.05, 4.69) is 46.8 Å². The highest BCUT2D eigenvalue weighted by Crippen LogP contribution is 2.44. The molecule has 31 heavy (non-hydrogen) atoms. The van der Waals surface area contributed by atoms with E-state index in [9.17, 15) is 9.59 Å². The molecule has 0 aliphatic heterocycles. The minimum absolute atomic E-state index is 0.00234. The first kappa shape index (κ1) is 27.3. The summed E-state index contributed by atoms with van der Waals surface area (Å²) in [5, 5.41) is 8.97. The summed E-state index contributed by atoms with van der Waals surface area (Å²) >= 11 is 0. The number of carbonyl (C=O) groups excluding carboxylic acids is 1. The summed E-state index contributed by atoms with van der Waals surface area (Å²) in [5.41, 5.74) is 2.76. The van der Waals surface area contributed by atoms with E-state index in [4.69, 9.17) is 14.6 Å². The second-order valence-electron chi connectivity index (χ2n) is 9.41. The van der Waals surface area contributed by atoms with Crippen LogP contribution in [0.4, 0.5) is 4.79 Å². The minimum Gasteiger partial charge on any atom is -0.481 e. The van der Waals surface area contributed by atoms with Gasteiger partial charge in [-0.2, -0.15) is 0 Å². The summed E-state index contributed by atoms with van der Waals surface area (Å²) in [6.45, 7) is 11.3. The Kier molecular flexibility index (Phi) is 12.6. The lowest BCUT2D eigenvalue weighted by Gasteiger charge is -2.29. The van der Waals surface area contributed by atoms with Crippen LogP contribution in [0, 0.1) is 11.3 Å². The van der Waals surface area contributed by atoms with Crippen LogP contribution in [0.25, 0.3) is 0 Å². The third-order valence-electron chi connectivity index (χ3n) is 6.84. The molecule has 0 saturated carbocycles. The highest BCUT2D eigenvalue weighted by atomic mass is 16.7. The molecule has 178 valence electrons. The van der Waals surface area contributed by atoms with Gasteiger partial charge in [-0.05, 0) is 62.4 Å². The monoisotopic (exact) mass is 436 g/mol. The molecule has 5 heteroatoms. The van der Waals surface area contributed by atoms with Gasteiger partial charge in [0.1, 0.15) is 12.7 Å². The molecule has 0 heterocycles. The molecule has 0 saturated heterocycles. The van der Waals surface area contributed by atoms with Gasteiger partial charge in [0.2, 0.25) is 0 Å². The van der Waals surface area contributed by atoms with Crippen LogP contribution in [0.1, 0.15) is 105 Å². The zero-order chi connectivity index (χ0) is 23.3. The second kappa shape index (κ2) is 14.3.